The minimum atomic E-state index is -3.62. The van der Waals surface area contributed by atoms with Gasteiger partial charge in [0.1, 0.15) is 0 Å². The number of rotatable bonds is 6. The largest absolute Gasteiger partial charge is 0.463 e. The van der Waals surface area contributed by atoms with Crippen LogP contribution >= 0.6 is 0 Å². The predicted molar refractivity (Wildman–Crippen MR) is 123 cm³/mol. The van der Waals surface area contributed by atoms with E-state index in [1.165, 1.54) is 6.08 Å². The topological polar surface area (TPSA) is 60.4 Å². The van der Waals surface area contributed by atoms with Crippen molar-refractivity contribution in [1.29, 1.82) is 0 Å². The molecule has 0 spiro atoms. The molecule has 0 saturated carbocycles. The third-order valence-electron chi connectivity index (χ3n) is 5.74. The van der Waals surface area contributed by atoms with Gasteiger partial charge in [-0.25, -0.2) is 13.2 Å². The molecule has 0 bridgehead atoms. The second-order valence-corrected chi connectivity index (χ2v) is 14.9. The van der Waals surface area contributed by atoms with Crippen LogP contribution in [0.2, 0.25) is 18.6 Å². The van der Waals surface area contributed by atoms with Gasteiger partial charge in [0.15, 0.2) is 9.84 Å². The van der Waals surface area contributed by atoms with E-state index in [1.54, 1.807) is 31.2 Å². The lowest BCUT2D eigenvalue weighted by Gasteiger charge is -2.35. The Hall–Kier alpha value is -2.44. The summed E-state index contributed by atoms with van der Waals surface area (Å²) in [7, 11) is -5.96. The molecule has 0 unspecified atom stereocenters. The van der Waals surface area contributed by atoms with Crippen molar-refractivity contribution in [1.82, 2.24) is 0 Å². The number of hydrogen-bond acceptors (Lipinski definition) is 4. The maximum atomic E-state index is 13.6. The molecular formula is C24H28O4SSi. The highest BCUT2D eigenvalue weighted by Crippen LogP contribution is 2.44. The molecule has 0 heterocycles. The van der Waals surface area contributed by atoms with Crippen LogP contribution in [0.25, 0.3) is 0 Å². The first kappa shape index (κ1) is 22.2. The average Bonchev–Trinajstić information content (AvgIpc) is 3.14. The van der Waals surface area contributed by atoms with Gasteiger partial charge < -0.3 is 4.74 Å². The van der Waals surface area contributed by atoms with Crippen LogP contribution in [0.15, 0.2) is 83.3 Å². The fourth-order valence-electron chi connectivity index (χ4n) is 4.11. The van der Waals surface area contributed by atoms with Crippen LogP contribution in [0.3, 0.4) is 0 Å². The second-order valence-electron chi connectivity index (χ2n) is 8.14. The molecule has 30 heavy (non-hydrogen) atoms. The fourth-order valence-corrected chi connectivity index (χ4v) is 10.7. The van der Waals surface area contributed by atoms with E-state index < -0.39 is 29.1 Å². The predicted octanol–water partition coefficient (Wildman–Crippen LogP) is 4.18. The Morgan fingerprint density at radius 2 is 1.70 bits per heavy atom. The average molecular weight is 441 g/mol. The van der Waals surface area contributed by atoms with E-state index in [1.807, 2.05) is 37.3 Å². The molecule has 0 radical (unpaired) electrons. The number of esters is 1. The summed E-state index contributed by atoms with van der Waals surface area (Å²) in [6, 6.07) is 17.0. The monoisotopic (exact) mass is 440 g/mol. The normalized spacial score (nSPS) is 20.5. The minimum absolute atomic E-state index is 0.279. The Balaban J connectivity index is 2.11. The molecule has 6 heteroatoms. The molecule has 0 saturated heterocycles. The maximum absolute atomic E-state index is 13.6. The third kappa shape index (κ3) is 4.35. The Bertz CT molecular complexity index is 1070. The van der Waals surface area contributed by atoms with E-state index in [0.717, 1.165) is 16.3 Å². The van der Waals surface area contributed by atoms with Crippen molar-refractivity contribution >= 4 is 29.1 Å². The van der Waals surface area contributed by atoms with Gasteiger partial charge in [-0.2, -0.15) is 0 Å². The lowest BCUT2D eigenvalue weighted by molar-refractivity contribution is -0.137. The Morgan fingerprint density at radius 3 is 2.30 bits per heavy atom. The number of aryl methyl sites for hydroxylation is 1. The van der Waals surface area contributed by atoms with Crippen LogP contribution in [0.5, 0.6) is 0 Å². The molecule has 158 valence electrons. The van der Waals surface area contributed by atoms with Crippen LogP contribution in [0, 0.1) is 6.92 Å². The lowest BCUT2D eigenvalue weighted by Crippen LogP contribution is -2.50. The van der Waals surface area contributed by atoms with Crippen LogP contribution in [-0.4, -0.2) is 34.3 Å². The SMILES string of the molecule is CCOC(=O)/C=C1\C=C[C@@H](S(=O)(=O)c2ccc(C)cc2)[C@@H]1[Si](C)(C)c1ccccc1. The summed E-state index contributed by atoms with van der Waals surface area (Å²) in [5.74, 6) is -0.437. The van der Waals surface area contributed by atoms with Gasteiger partial charge in [0.2, 0.25) is 0 Å². The van der Waals surface area contributed by atoms with Gasteiger partial charge >= 0.3 is 5.97 Å². The Labute approximate surface area is 180 Å². The van der Waals surface area contributed by atoms with Crippen LogP contribution in [0.1, 0.15) is 12.5 Å². The van der Waals surface area contributed by atoms with E-state index in [0.29, 0.717) is 4.90 Å². The maximum Gasteiger partial charge on any atom is 0.331 e. The van der Waals surface area contributed by atoms with Gasteiger partial charge in [-0.05, 0) is 31.6 Å². The summed E-state index contributed by atoms with van der Waals surface area (Å²) in [4.78, 5) is 12.5. The molecule has 1 aliphatic rings. The summed E-state index contributed by atoms with van der Waals surface area (Å²) in [6.07, 6.45) is 4.99. The molecular weight excluding hydrogens is 412 g/mol. The summed E-state index contributed by atoms with van der Waals surface area (Å²) in [5, 5.41) is 0.431. The van der Waals surface area contributed by atoms with E-state index in [9.17, 15) is 13.2 Å². The molecule has 0 fully saturated rings. The van der Waals surface area contributed by atoms with Gasteiger partial charge in [-0.3, -0.25) is 0 Å². The van der Waals surface area contributed by atoms with Crippen molar-refractivity contribution in [3.63, 3.8) is 0 Å². The number of ether oxygens (including phenoxy) is 1. The standard InChI is InChI=1S/C24H28O4SSi/c1-5-28-23(25)17-19-13-16-22(29(26,27)20-14-11-18(2)12-15-20)24(19)30(3,4)21-9-7-6-8-10-21/h6-17,22,24H,5H2,1-4H3/b19-17+/t22-,24-/m1/s1. The molecule has 0 aliphatic heterocycles. The zero-order chi connectivity index (χ0) is 21.9. The quantitative estimate of drug-likeness (QED) is 0.384. The van der Waals surface area contributed by atoms with E-state index in [-0.39, 0.29) is 12.1 Å². The number of sulfone groups is 1. The van der Waals surface area contributed by atoms with Crippen molar-refractivity contribution in [2.24, 2.45) is 0 Å². The summed E-state index contributed by atoms with van der Waals surface area (Å²) >= 11 is 0. The smallest absolute Gasteiger partial charge is 0.331 e. The fraction of sp³-hybridized carbons (Fsp3) is 0.292. The zero-order valence-electron chi connectivity index (χ0n) is 17.8. The number of benzene rings is 2. The molecule has 0 aromatic heterocycles. The second kappa shape index (κ2) is 8.74. The van der Waals surface area contributed by atoms with Gasteiger partial charge in [-0.1, -0.05) is 78.5 Å². The first-order valence-electron chi connectivity index (χ1n) is 10.1. The molecule has 0 N–H and O–H groups in total. The van der Waals surface area contributed by atoms with Crippen LogP contribution in [-0.2, 0) is 19.4 Å². The molecule has 0 amide bonds. The van der Waals surface area contributed by atoms with Gasteiger partial charge in [0.05, 0.1) is 24.8 Å². The van der Waals surface area contributed by atoms with E-state index in [4.69, 9.17) is 4.74 Å². The Kier molecular flexibility index (Phi) is 6.48. The van der Waals surface area contributed by atoms with Gasteiger partial charge in [0, 0.05) is 11.6 Å². The molecule has 3 rings (SSSR count). The van der Waals surface area contributed by atoms with Crippen LogP contribution in [0.4, 0.5) is 0 Å². The Morgan fingerprint density at radius 1 is 1.07 bits per heavy atom. The lowest BCUT2D eigenvalue weighted by atomic mass is 10.2. The van der Waals surface area contributed by atoms with Crippen LogP contribution < -0.4 is 5.19 Å². The molecule has 2 aromatic carbocycles. The number of hydrogen-bond donors (Lipinski definition) is 0. The van der Waals surface area contributed by atoms with Gasteiger partial charge in [0.25, 0.3) is 0 Å². The zero-order valence-corrected chi connectivity index (χ0v) is 19.6. The number of carbonyl (C=O) groups excluding carboxylic acids is 1. The number of carbonyl (C=O) groups is 1. The van der Waals surface area contributed by atoms with Crippen molar-refractivity contribution < 1.29 is 17.9 Å². The third-order valence-corrected chi connectivity index (χ3v) is 12.1. The highest BCUT2D eigenvalue weighted by Gasteiger charge is 2.47. The molecule has 2 atom stereocenters. The van der Waals surface area contributed by atoms with Crippen molar-refractivity contribution in [3.05, 3.63) is 84.0 Å². The van der Waals surface area contributed by atoms with E-state index >= 15 is 0 Å². The highest BCUT2D eigenvalue weighted by molar-refractivity contribution is 7.92. The summed E-state index contributed by atoms with van der Waals surface area (Å²) in [6.45, 7) is 8.29. The van der Waals surface area contributed by atoms with Crippen molar-refractivity contribution in [3.8, 4) is 0 Å². The first-order chi connectivity index (χ1) is 14.2. The highest BCUT2D eigenvalue weighted by atomic mass is 32.2. The summed E-state index contributed by atoms with van der Waals surface area (Å²) < 4.78 is 32.3. The van der Waals surface area contributed by atoms with Crippen molar-refractivity contribution in [2.75, 3.05) is 6.61 Å². The molecule has 4 nitrogen and oxygen atoms in total. The summed E-state index contributed by atoms with van der Waals surface area (Å²) in [5.41, 5.74) is 1.44. The first-order valence-corrected chi connectivity index (χ1v) is 14.7. The van der Waals surface area contributed by atoms with Gasteiger partial charge in [-0.15, -0.1) is 0 Å². The molecule has 1 aliphatic carbocycles. The van der Waals surface area contributed by atoms with E-state index in [2.05, 4.69) is 25.2 Å². The minimum Gasteiger partial charge on any atom is -0.463 e. The molecule has 2 aromatic rings. The number of allylic oxidation sites excluding steroid dienone is 2. The van der Waals surface area contributed by atoms with Crippen molar-refractivity contribution in [2.45, 2.75) is 42.6 Å².